The van der Waals surface area contributed by atoms with Gasteiger partial charge in [-0.2, -0.15) is 13.2 Å². The van der Waals surface area contributed by atoms with Crippen molar-refractivity contribution in [3.63, 3.8) is 0 Å². The van der Waals surface area contributed by atoms with Gasteiger partial charge in [0.1, 0.15) is 22.8 Å². The third-order valence-corrected chi connectivity index (χ3v) is 7.43. The van der Waals surface area contributed by atoms with Crippen molar-refractivity contribution in [2.75, 3.05) is 0 Å². The van der Waals surface area contributed by atoms with Crippen molar-refractivity contribution in [1.29, 1.82) is 0 Å². The summed E-state index contributed by atoms with van der Waals surface area (Å²) in [5.74, 6) is -0.750. The lowest BCUT2D eigenvalue weighted by atomic mass is 10.1. The maximum Gasteiger partial charge on any atom is 0.417 e. The third-order valence-electron chi connectivity index (χ3n) is 5.76. The molecule has 3 aromatic rings. The minimum atomic E-state index is -4.47. The van der Waals surface area contributed by atoms with Crippen LogP contribution in [0.4, 0.5) is 17.6 Å². The van der Waals surface area contributed by atoms with Gasteiger partial charge in [0.2, 0.25) is 5.91 Å². The number of rotatable bonds is 6. The van der Waals surface area contributed by atoms with E-state index in [1.807, 2.05) is 6.92 Å². The van der Waals surface area contributed by atoms with Crippen LogP contribution in [0.3, 0.4) is 0 Å². The topological polar surface area (TPSA) is 75.2 Å². The Morgan fingerprint density at radius 1 is 1.11 bits per heavy atom. The first-order chi connectivity index (χ1) is 16.6. The van der Waals surface area contributed by atoms with Crippen LogP contribution in [0.5, 0.6) is 0 Å². The van der Waals surface area contributed by atoms with Crippen LogP contribution >= 0.6 is 0 Å². The van der Waals surface area contributed by atoms with Crippen molar-refractivity contribution >= 4 is 16.9 Å². The predicted molar refractivity (Wildman–Crippen MR) is 121 cm³/mol. The number of hydrogen-bond donors (Lipinski definition) is 1. The second-order valence-electron chi connectivity index (χ2n) is 8.19. The summed E-state index contributed by atoms with van der Waals surface area (Å²) in [6.07, 6.45) is -1.01. The van der Waals surface area contributed by atoms with E-state index in [0.29, 0.717) is 34.7 Å². The van der Waals surface area contributed by atoms with Crippen LogP contribution in [0.15, 0.2) is 65.8 Å². The Kier molecular flexibility index (Phi) is 7.27. The van der Waals surface area contributed by atoms with Crippen LogP contribution in [-0.4, -0.2) is 36.5 Å². The Morgan fingerprint density at radius 3 is 2.51 bits per heavy atom. The SMILES string of the molecule is CC1CCC(C(=O)NCc2cc(-c3ccc(C(F)(F)F)cn3)ccn2)N1S(=O)c1ccc(F)cc1. The van der Waals surface area contributed by atoms with Crippen molar-refractivity contribution in [2.24, 2.45) is 0 Å². The molecule has 0 spiro atoms. The molecule has 0 aliphatic carbocycles. The van der Waals surface area contributed by atoms with Gasteiger partial charge in [0.05, 0.1) is 28.4 Å². The molecule has 1 fully saturated rings. The molecule has 3 atom stereocenters. The van der Waals surface area contributed by atoms with Crippen LogP contribution in [0, 0.1) is 5.82 Å². The Bertz CT molecular complexity index is 1220. The molecule has 184 valence electrons. The molecule has 2 aromatic heterocycles. The van der Waals surface area contributed by atoms with E-state index in [4.69, 9.17) is 0 Å². The van der Waals surface area contributed by atoms with Gasteiger partial charge in [0.15, 0.2) is 0 Å². The molecule has 1 saturated heterocycles. The van der Waals surface area contributed by atoms with E-state index in [1.165, 1.54) is 36.5 Å². The molecule has 0 radical (unpaired) electrons. The summed E-state index contributed by atoms with van der Waals surface area (Å²) < 4.78 is 66.3. The number of benzene rings is 1. The van der Waals surface area contributed by atoms with Crippen LogP contribution in [0.2, 0.25) is 0 Å². The molecule has 3 unspecified atom stereocenters. The standard InChI is InChI=1S/C24H22F4N4O2S/c1-15-2-9-22(32(15)35(34)20-6-4-18(25)5-7-20)23(33)31-14-19-12-16(10-11-29-19)21-8-3-17(13-30-21)24(26,27)28/h3-8,10-13,15,22H,2,9,14H2,1H3,(H,31,33). The fraction of sp³-hybridized carbons (Fsp3) is 0.292. The second-order valence-corrected chi connectivity index (χ2v) is 9.58. The molecule has 0 saturated carbocycles. The van der Waals surface area contributed by atoms with Gasteiger partial charge in [-0.1, -0.05) is 0 Å². The smallest absolute Gasteiger partial charge is 0.349 e. The van der Waals surface area contributed by atoms with Gasteiger partial charge >= 0.3 is 6.18 Å². The molecule has 4 rings (SSSR count). The summed E-state index contributed by atoms with van der Waals surface area (Å²) in [5, 5.41) is 2.81. The van der Waals surface area contributed by atoms with Gasteiger partial charge < -0.3 is 5.32 Å². The highest BCUT2D eigenvalue weighted by atomic mass is 32.2. The fourth-order valence-electron chi connectivity index (χ4n) is 3.92. The molecule has 0 bridgehead atoms. The molecule has 1 aromatic carbocycles. The zero-order valence-electron chi connectivity index (χ0n) is 18.6. The molecule has 1 N–H and O–H groups in total. The maximum absolute atomic E-state index is 13.2. The number of amides is 1. The summed E-state index contributed by atoms with van der Waals surface area (Å²) in [4.78, 5) is 21.5. The first kappa shape index (κ1) is 24.9. The predicted octanol–water partition coefficient (Wildman–Crippen LogP) is 4.49. The highest BCUT2D eigenvalue weighted by molar-refractivity contribution is 7.82. The van der Waals surface area contributed by atoms with Crippen LogP contribution < -0.4 is 5.32 Å². The van der Waals surface area contributed by atoms with Gasteiger partial charge in [-0.25, -0.2) is 12.9 Å². The number of hydrogen-bond acceptors (Lipinski definition) is 4. The van der Waals surface area contributed by atoms with E-state index < -0.39 is 34.6 Å². The van der Waals surface area contributed by atoms with Crippen molar-refractivity contribution < 1.29 is 26.6 Å². The quantitative estimate of drug-likeness (QED) is 0.500. The zero-order valence-corrected chi connectivity index (χ0v) is 19.4. The van der Waals surface area contributed by atoms with Gasteiger partial charge in [-0.05, 0) is 68.3 Å². The average molecular weight is 507 g/mol. The molecule has 3 heterocycles. The number of carbonyl (C=O) groups excluding carboxylic acids is 1. The number of alkyl halides is 3. The lowest BCUT2D eigenvalue weighted by Crippen LogP contribution is -2.46. The number of halogens is 4. The van der Waals surface area contributed by atoms with Gasteiger partial charge in [0.25, 0.3) is 0 Å². The molecule has 1 aliphatic heterocycles. The van der Waals surface area contributed by atoms with E-state index in [9.17, 15) is 26.6 Å². The van der Waals surface area contributed by atoms with Crippen LogP contribution in [0.1, 0.15) is 31.0 Å². The summed E-state index contributed by atoms with van der Waals surface area (Å²) in [6.45, 7) is 1.96. The minimum absolute atomic E-state index is 0.0786. The number of nitrogens with zero attached hydrogens (tertiary/aromatic N) is 3. The lowest BCUT2D eigenvalue weighted by Gasteiger charge is -2.26. The minimum Gasteiger partial charge on any atom is -0.349 e. The zero-order chi connectivity index (χ0) is 25.2. The molecule has 1 aliphatic rings. The van der Waals surface area contributed by atoms with E-state index in [-0.39, 0.29) is 18.5 Å². The van der Waals surface area contributed by atoms with Crippen LogP contribution in [-0.2, 0) is 28.5 Å². The normalized spacial score (nSPS) is 19.5. The molecule has 6 nitrogen and oxygen atoms in total. The molecular weight excluding hydrogens is 484 g/mol. The Labute approximate surface area is 202 Å². The van der Waals surface area contributed by atoms with Gasteiger partial charge in [-0.3, -0.25) is 14.8 Å². The highest BCUT2D eigenvalue weighted by Crippen LogP contribution is 2.30. The van der Waals surface area contributed by atoms with Crippen molar-refractivity contribution in [3.8, 4) is 11.3 Å². The number of aromatic nitrogens is 2. The Morgan fingerprint density at radius 2 is 1.86 bits per heavy atom. The van der Waals surface area contributed by atoms with E-state index in [1.54, 1.807) is 16.4 Å². The molecule has 11 heteroatoms. The largest absolute Gasteiger partial charge is 0.417 e. The molecule has 35 heavy (non-hydrogen) atoms. The molecule has 1 amide bonds. The summed E-state index contributed by atoms with van der Waals surface area (Å²) in [6, 6.07) is 10.1. The van der Waals surface area contributed by atoms with Gasteiger partial charge in [0, 0.05) is 24.0 Å². The summed E-state index contributed by atoms with van der Waals surface area (Å²) in [7, 11) is -1.63. The Balaban J connectivity index is 1.43. The fourth-order valence-corrected chi connectivity index (χ4v) is 5.40. The van der Waals surface area contributed by atoms with Gasteiger partial charge in [-0.15, -0.1) is 0 Å². The van der Waals surface area contributed by atoms with Crippen molar-refractivity contribution in [1.82, 2.24) is 19.6 Å². The maximum atomic E-state index is 13.2. The van der Waals surface area contributed by atoms with E-state index in [2.05, 4.69) is 15.3 Å². The first-order valence-electron chi connectivity index (χ1n) is 10.9. The molecular formula is C24H22F4N4O2S. The average Bonchev–Trinajstić information content (AvgIpc) is 3.23. The number of nitrogens with one attached hydrogen (secondary N) is 1. The highest BCUT2D eigenvalue weighted by Gasteiger charge is 2.39. The van der Waals surface area contributed by atoms with Crippen LogP contribution in [0.25, 0.3) is 11.3 Å². The van der Waals surface area contributed by atoms with Crippen molar-refractivity contribution in [3.05, 3.63) is 78.0 Å². The summed E-state index contributed by atoms with van der Waals surface area (Å²) >= 11 is 0. The lowest BCUT2D eigenvalue weighted by molar-refractivity contribution is -0.137. The van der Waals surface area contributed by atoms with E-state index >= 15 is 0 Å². The number of carbonyl (C=O) groups is 1. The monoisotopic (exact) mass is 506 g/mol. The summed E-state index contributed by atoms with van der Waals surface area (Å²) in [5.41, 5.74) is 0.566. The van der Waals surface area contributed by atoms with Crippen molar-refractivity contribution in [2.45, 2.75) is 49.5 Å². The third kappa shape index (κ3) is 5.73. The number of pyridine rings is 2. The first-order valence-corrected chi connectivity index (χ1v) is 12.0. The second kappa shape index (κ2) is 10.2. The van der Waals surface area contributed by atoms with E-state index in [0.717, 1.165) is 12.3 Å². The Hall–Kier alpha value is -3.18.